The van der Waals surface area contributed by atoms with Gasteiger partial charge in [-0.1, -0.05) is 12.1 Å². The van der Waals surface area contributed by atoms with Crippen LogP contribution < -0.4 is 10.6 Å². The second-order valence-corrected chi connectivity index (χ2v) is 4.23. The Balaban J connectivity index is 2.13. The molecule has 0 saturated carbocycles. The summed E-state index contributed by atoms with van der Waals surface area (Å²) in [6.07, 6.45) is 2.99. The van der Waals surface area contributed by atoms with E-state index in [4.69, 9.17) is 10.9 Å². The highest BCUT2D eigenvalue weighted by Crippen LogP contribution is 2.22. The lowest BCUT2D eigenvalue weighted by Gasteiger charge is -2.17. The Morgan fingerprint density at radius 3 is 2.94 bits per heavy atom. The average Bonchev–Trinajstić information content (AvgIpc) is 2.75. The fourth-order valence-electron chi connectivity index (χ4n) is 1.95. The summed E-state index contributed by atoms with van der Waals surface area (Å²) in [7, 11) is 0. The van der Waals surface area contributed by atoms with Gasteiger partial charge in [-0.15, -0.1) is 0 Å². The summed E-state index contributed by atoms with van der Waals surface area (Å²) in [4.78, 5) is 6.46. The average molecular weight is 220 g/mol. The zero-order chi connectivity index (χ0) is 11.5. The van der Waals surface area contributed by atoms with Gasteiger partial charge in [-0.05, 0) is 24.5 Å². The molecule has 2 rings (SSSR count). The number of pyridine rings is 1. The molecule has 3 N–H and O–H groups in total. The maximum absolute atomic E-state index is 8.52. The van der Waals surface area contributed by atoms with E-state index in [1.807, 2.05) is 6.07 Å². The van der Waals surface area contributed by atoms with Crippen LogP contribution in [0.4, 0.5) is 5.69 Å². The van der Waals surface area contributed by atoms with Gasteiger partial charge in [0, 0.05) is 13.1 Å². The highest BCUT2D eigenvalue weighted by molar-refractivity contribution is 5.95. The monoisotopic (exact) mass is 220 g/mol. The Hall–Kier alpha value is -1.78. The third-order valence-electron chi connectivity index (χ3n) is 2.91. The predicted octanol–water partition coefficient (Wildman–Crippen LogP) is 1.02. The van der Waals surface area contributed by atoms with Crippen molar-refractivity contribution in [2.24, 2.45) is 16.8 Å². The minimum Gasteiger partial charge on any atom is -0.409 e. The molecule has 1 unspecified atom stereocenters. The topological polar surface area (TPSA) is 74.7 Å². The molecule has 1 fully saturated rings. The normalized spacial score (nSPS) is 21.4. The summed E-state index contributed by atoms with van der Waals surface area (Å²) in [5, 5.41) is 11.4. The molecule has 1 aliphatic rings. The lowest BCUT2D eigenvalue weighted by atomic mass is 10.2. The van der Waals surface area contributed by atoms with E-state index in [0.29, 0.717) is 5.69 Å². The molecule has 0 aliphatic carbocycles. The standard InChI is InChI=1S/C11H16N4O/c1-8-4-5-15(7-8)9-2-3-10(13-6-9)11(12)14-16/h2-3,6,8,16H,4-5,7H2,1H3,(H2,12,14). The second-order valence-electron chi connectivity index (χ2n) is 4.23. The van der Waals surface area contributed by atoms with E-state index < -0.39 is 0 Å². The highest BCUT2D eigenvalue weighted by Gasteiger charge is 2.19. The molecule has 1 atom stereocenters. The molecule has 86 valence electrons. The van der Waals surface area contributed by atoms with Gasteiger partial charge in [0.1, 0.15) is 5.69 Å². The fraction of sp³-hybridized carbons (Fsp3) is 0.455. The number of hydrogen-bond acceptors (Lipinski definition) is 4. The summed E-state index contributed by atoms with van der Waals surface area (Å²) in [5.41, 5.74) is 7.04. The first kappa shape index (κ1) is 10.7. The van der Waals surface area contributed by atoms with Gasteiger partial charge in [0.2, 0.25) is 0 Å². The highest BCUT2D eigenvalue weighted by atomic mass is 16.4. The molecule has 1 aliphatic heterocycles. The quantitative estimate of drug-likeness (QED) is 0.338. The van der Waals surface area contributed by atoms with Gasteiger partial charge in [0.05, 0.1) is 11.9 Å². The minimum atomic E-state index is 0.0429. The van der Waals surface area contributed by atoms with Crippen molar-refractivity contribution in [2.45, 2.75) is 13.3 Å². The van der Waals surface area contributed by atoms with Crippen LogP contribution in [0, 0.1) is 5.92 Å². The summed E-state index contributed by atoms with van der Waals surface area (Å²) in [6, 6.07) is 3.73. The molecule has 2 heterocycles. The Morgan fingerprint density at radius 2 is 2.44 bits per heavy atom. The Labute approximate surface area is 94.6 Å². The first-order chi connectivity index (χ1) is 7.70. The summed E-state index contributed by atoms with van der Waals surface area (Å²) >= 11 is 0. The molecule has 0 amide bonds. The smallest absolute Gasteiger partial charge is 0.188 e. The summed E-state index contributed by atoms with van der Waals surface area (Å²) < 4.78 is 0. The number of oxime groups is 1. The lowest BCUT2D eigenvalue weighted by Crippen LogP contribution is -2.20. The van der Waals surface area contributed by atoms with Crippen molar-refractivity contribution < 1.29 is 5.21 Å². The number of amidine groups is 1. The van der Waals surface area contributed by atoms with Crippen molar-refractivity contribution in [1.82, 2.24) is 4.98 Å². The molecule has 1 aromatic heterocycles. The zero-order valence-corrected chi connectivity index (χ0v) is 9.30. The molecular weight excluding hydrogens is 204 g/mol. The van der Waals surface area contributed by atoms with E-state index in [2.05, 4.69) is 22.0 Å². The third-order valence-corrected chi connectivity index (χ3v) is 2.91. The van der Waals surface area contributed by atoms with Crippen molar-refractivity contribution in [2.75, 3.05) is 18.0 Å². The summed E-state index contributed by atoms with van der Waals surface area (Å²) in [5.74, 6) is 0.782. The van der Waals surface area contributed by atoms with Gasteiger partial charge < -0.3 is 15.8 Å². The van der Waals surface area contributed by atoms with Crippen LogP contribution in [0.15, 0.2) is 23.5 Å². The van der Waals surface area contributed by atoms with Crippen LogP contribution in [0.5, 0.6) is 0 Å². The van der Waals surface area contributed by atoms with Gasteiger partial charge >= 0.3 is 0 Å². The van der Waals surface area contributed by atoms with Crippen molar-refractivity contribution >= 4 is 11.5 Å². The molecule has 0 aromatic carbocycles. The molecule has 0 spiro atoms. The van der Waals surface area contributed by atoms with E-state index >= 15 is 0 Å². The zero-order valence-electron chi connectivity index (χ0n) is 9.30. The minimum absolute atomic E-state index is 0.0429. The van der Waals surface area contributed by atoms with Gasteiger partial charge in [0.15, 0.2) is 5.84 Å². The number of aromatic nitrogens is 1. The third kappa shape index (κ3) is 2.08. The maximum atomic E-state index is 8.52. The van der Waals surface area contributed by atoms with Crippen LogP contribution in [-0.4, -0.2) is 29.1 Å². The molecule has 16 heavy (non-hydrogen) atoms. The van der Waals surface area contributed by atoms with Crippen molar-refractivity contribution in [3.63, 3.8) is 0 Å². The van der Waals surface area contributed by atoms with E-state index in [0.717, 1.165) is 24.7 Å². The first-order valence-electron chi connectivity index (χ1n) is 5.39. The van der Waals surface area contributed by atoms with Crippen molar-refractivity contribution in [1.29, 1.82) is 0 Å². The Kier molecular flexibility index (Phi) is 2.94. The largest absolute Gasteiger partial charge is 0.409 e. The maximum Gasteiger partial charge on any atom is 0.188 e. The van der Waals surface area contributed by atoms with Crippen LogP contribution in [0.25, 0.3) is 0 Å². The van der Waals surface area contributed by atoms with Crippen molar-refractivity contribution in [3.05, 3.63) is 24.0 Å². The van der Waals surface area contributed by atoms with Gasteiger partial charge in [-0.3, -0.25) is 4.98 Å². The Morgan fingerprint density at radius 1 is 1.62 bits per heavy atom. The second kappa shape index (κ2) is 4.38. The van der Waals surface area contributed by atoms with Gasteiger partial charge in [0.25, 0.3) is 0 Å². The number of nitrogens with two attached hydrogens (primary N) is 1. The molecule has 5 heteroatoms. The molecule has 0 bridgehead atoms. The van der Waals surface area contributed by atoms with Crippen LogP contribution in [0.1, 0.15) is 19.0 Å². The van der Waals surface area contributed by atoms with Crippen molar-refractivity contribution in [3.8, 4) is 0 Å². The first-order valence-corrected chi connectivity index (χ1v) is 5.39. The van der Waals surface area contributed by atoms with Crippen LogP contribution in [-0.2, 0) is 0 Å². The number of rotatable bonds is 2. The van der Waals surface area contributed by atoms with Crippen LogP contribution in [0.3, 0.4) is 0 Å². The van der Waals surface area contributed by atoms with Gasteiger partial charge in [-0.25, -0.2) is 0 Å². The number of anilines is 1. The van der Waals surface area contributed by atoms with Crippen LogP contribution in [0.2, 0.25) is 0 Å². The molecule has 0 radical (unpaired) electrons. The molecule has 1 aromatic rings. The molecule has 5 nitrogen and oxygen atoms in total. The predicted molar refractivity (Wildman–Crippen MR) is 62.7 cm³/mol. The van der Waals surface area contributed by atoms with E-state index in [1.54, 1.807) is 12.3 Å². The van der Waals surface area contributed by atoms with E-state index in [1.165, 1.54) is 6.42 Å². The fourth-order valence-corrected chi connectivity index (χ4v) is 1.95. The Bertz CT molecular complexity index is 387. The molecule has 1 saturated heterocycles. The molecular formula is C11H16N4O. The van der Waals surface area contributed by atoms with E-state index in [9.17, 15) is 0 Å². The summed E-state index contributed by atoms with van der Waals surface area (Å²) in [6.45, 7) is 4.40. The SMILES string of the molecule is CC1CCN(c2ccc(/C(N)=N/O)nc2)C1. The van der Waals surface area contributed by atoms with E-state index in [-0.39, 0.29) is 5.84 Å². The van der Waals surface area contributed by atoms with Gasteiger partial charge in [-0.2, -0.15) is 0 Å². The lowest BCUT2D eigenvalue weighted by molar-refractivity contribution is 0.318. The number of hydrogen-bond donors (Lipinski definition) is 2. The number of nitrogens with zero attached hydrogens (tertiary/aromatic N) is 3. The van der Waals surface area contributed by atoms with Crippen LogP contribution >= 0.6 is 0 Å².